The molecule has 11 nitrogen and oxygen atoms in total. The number of ether oxygens (including phenoxy) is 2. The second-order valence-electron chi connectivity index (χ2n) is 9.40. The number of carbonyl (C=O) groups excluding carboxylic acids is 2. The van der Waals surface area contributed by atoms with Crippen LogP contribution in [-0.4, -0.2) is 72.3 Å². The zero-order valence-corrected chi connectivity index (χ0v) is 22.4. The Hall–Kier alpha value is -3.51. The van der Waals surface area contributed by atoms with E-state index in [9.17, 15) is 24.5 Å². The van der Waals surface area contributed by atoms with Gasteiger partial charge in [0, 0.05) is 32.2 Å². The van der Waals surface area contributed by atoms with Gasteiger partial charge in [0.05, 0.1) is 35.4 Å². The number of rotatable bonds is 7. The number of morpholine rings is 1. The van der Waals surface area contributed by atoms with Crippen LogP contribution in [0, 0.1) is 16.0 Å². The van der Waals surface area contributed by atoms with E-state index in [2.05, 4.69) is 6.92 Å². The summed E-state index contributed by atoms with van der Waals surface area (Å²) in [5, 5.41) is 11.8. The number of esters is 1. The predicted octanol–water partition coefficient (Wildman–Crippen LogP) is 1.09. The van der Waals surface area contributed by atoms with Crippen molar-refractivity contribution in [3.63, 3.8) is 0 Å². The summed E-state index contributed by atoms with van der Waals surface area (Å²) in [6, 6.07) is 4.83. The molecule has 1 amide bonds. The Labute approximate surface area is 223 Å². The van der Waals surface area contributed by atoms with Crippen molar-refractivity contribution in [1.29, 1.82) is 0 Å². The van der Waals surface area contributed by atoms with Crippen LogP contribution in [0.2, 0.25) is 0 Å². The topological polar surface area (TPSA) is 124 Å². The average molecular weight is 545 g/mol. The number of nitro groups is 1. The lowest BCUT2D eigenvalue weighted by Crippen LogP contribution is -2.43. The van der Waals surface area contributed by atoms with Gasteiger partial charge in [0.15, 0.2) is 0 Å². The van der Waals surface area contributed by atoms with Crippen LogP contribution in [0.3, 0.4) is 0 Å². The fourth-order valence-electron chi connectivity index (χ4n) is 4.57. The molecular formula is C26H32N4O7S. The Kier molecular flexibility index (Phi) is 8.95. The highest BCUT2D eigenvalue weighted by atomic mass is 32.1. The first-order chi connectivity index (χ1) is 18.3. The van der Waals surface area contributed by atoms with Crippen molar-refractivity contribution in [2.75, 3.05) is 50.9 Å². The van der Waals surface area contributed by atoms with Crippen LogP contribution in [0.1, 0.15) is 32.3 Å². The minimum Gasteiger partial charge on any atom is -0.463 e. The number of thiazole rings is 1. The summed E-state index contributed by atoms with van der Waals surface area (Å²) in [4.78, 5) is 53.6. The van der Waals surface area contributed by atoms with E-state index in [4.69, 9.17) is 9.47 Å². The standard InChI is InChI=1S/C26H32N4O7S/c1-3-37-25(32)16-24-29(17-23(31)28-8-6-18(2)7-9-28)26(33)22(38-24)15-19-4-5-20(21(14-19)30(34)35)27-10-12-36-13-11-27/h4-5,14-16,18H,3,6-13,17H2,1-2H3/b22-15-,24-16+. The fourth-order valence-corrected chi connectivity index (χ4v) is 5.60. The van der Waals surface area contributed by atoms with Gasteiger partial charge in [-0.25, -0.2) is 4.79 Å². The van der Waals surface area contributed by atoms with Gasteiger partial charge in [-0.05, 0) is 43.4 Å². The van der Waals surface area contributed by atoms with Crippen molar-refractivity contribution < 1.29 is 24.0 Å². The van der Waals surface area contributed by atoms with Crippen LogP contribution in [0.15, 0.2) is 23.0 Å². The third-order valence-corrected chi connectivity index (χ3v) is 7.80. The second-order valence-corrected chi connectivity index (χ2v) is 10.5. The Balaban J connectivity index is 1.71. The number of nitrogens with zero attached hydrogens (tertiary/aromatic N) is 4. The van der Waals surface area contributed by atoms with Gasteiger partial charge in [0.1, 0.15) is 16.9 Å². The third-order valence-electron chi connectivity index (χ3n) is 6.74. The van der Waals surface area contributed by atoms with E-state index in [-0.39, 0.29) is 33.9 Å². The predicted molar refractivity (Wildman–Crippen MR) is 144 cm³/mol. The van der Waals surface area contributed by atoms with Gasteiger partial charge in [0.2, 0.25) is 5.91 Å². The van der Waals surface area contributed by atoms with Crippen molar-refractivity contribution in [1.82, 2.24) is 9.47 Å². The lowest BCUT2D eigenvalue weighted by Gasteiger charge is -2.30. The minimum atomic E-state index is -0.612. The lowest BCUT2D eigenvalue weighted by molar-refractivity contribution is -0.384. The van der Waals surface area contributed by atoms with E-state index in [0.29, 0.717) is 56.6 Å². The molecule has 1 aromatic heterocycles. The summed E-state index contributed by atoms with van der Waals surface area (Å²) < 4.78 is 12.2. The Morgan fingerprint density at radius 1 is 1.21 bits per heavy atom. The molecule has 3 heterocycles. The highest BCUT2D eigenvalue weighted by Gasteiger charge is 2.23. The average Bonchev–Trinajstić information content (AvgIpc) is 3.18. The molecule has 0 spiro atoms. The first-order valence-corrected chi connectivity index (χ1v) is 13.6. The molecule has 0 unspecified atom stereocenters. The van der Waals surface area contributed by atoms with Gasteiger partial charge < -0.3 is 19.3 Å². The number of carbonyl (C=O) groups is 2. The van der Waals surface area contributed by atoms with E-state index in [1.807, 2.05) is 4.90 Å². The number of likely N-dealkylation sites (tertiary alicyclic amines) is 1. The molecule has 2 fully saturated rings. The fraction of sp³-hybridized carbons (Fsp3) is 0.500. The van der Waals surface area contributed by atoms with Gasteiger partial charge in [-0.1, -0.05) is 13.0 Å². The molecule has 0 saturated carbocycles. The molecule has 2 aliphatic rings. The van der Waals surface area contributed by atoms with E-state index in [0.717, 1.165) is 24.2 Å². The Morgan fingerprint density at radius 3 is 2.58 bits per heavy atom. The maximum absolute atomic E-state index is 13.4. The first-order valence-electron chi connectivity index (χ1n) is 12.8. The quantitative estimate of drug-likeness (QED) is 0.288. The molecule has 38 heavy (non-hydrogen) atoms. The smallest absolute Gasteiger partial charge is 0.333 e. The number of hydrogen-bond acceptors (Lipinski definition) is 9. The van der Waals surface area contributed by atoms with Crippen LogP contribution in [0.4, 0.5) is 11.4 Å². The lowest BCUT2D eigenvalue weighted by atomic mass is 9.99. The van der Waals surface area contributed by atoms with Crippen LogP contribution >= 0.6 is 11.3 Å². The number of aromatic nitrogens is 1. The molecule has 0 aliphatic carbocycles. The summed E-state index contributed by atoms with van der Waals surface area (Å²) in [5.41, 5.74) is 0.463. The summed E-state index contributed by atoms with van der Waals surface area (Å²) >= 11 is 1.04. The zero-order valence-electron chi connectivity index (χ0n) is 21.6. The van der Waals surface area contributed by atoms with Crippen molar-refractivity contribution in [3.8, 4) is 0 Å². The highest BCUT2D eigenvalue weighted by Crippen LogP contribution is 2.30. The molecule has 0 N–H and O–H groups in total. The SMILES string of the molecule is CCOC(=O)/C=c1/s/c(=C\c2ccc(N3CCOCC3)c([N+](=O)[O-])c2)c(=O)n1CC(=O)N1CCC(C)CC1. The first kappa shape index (κ1) is 27.5. The monoisotopic (exact) mass is 544 g/mol. The number of piperidine rings is 1. The number of nitro benzene ring substituents is 1. The second kappa shape index (κ2) is 12.4. The molecule has 2 saturated heterocycles. The maximum atomic E-state index is 13.4. The van der Waals surface area contributed by atoms with E-state index < -0.39 is 16.5 Å². The number of amides is 1. The van der Waals surface area contributed by atoms with Gasteiger partial charge in [-0.3, -0.25) is 24.3 Å². The number of hydrogen-bond donors (Lipinski definition) is 0. The summed E-state index contributed by atoms with van der Waals surface area (Å²) in [6.45, 7) is 7.17. The molecular weight excluding hydrogens is 512 g/mol. The van der Waals surface area contributed by atoms with Crippen LogP contribution in [0.5, 0.6) is 0 Å². The van der Waals surface area contributed by atoms with Crippen molar-refractivity contribution in [3.05, 3.63) is 53.4 Å². The maximum Gasteiger partial charge on any atom is 0.333 e. The third kappa shape index (κ3) is 6.48. The highest BCUT2D eigenvalue weighted by molar-refractivity contribution is 7.07. The van der Waals surface area contributed by atoms with Crippen LogP contribution in [0.25, 0.3) is 12.2 Å². The minimum absolute atomic E-state index is 0.0645. The molecule has 2 aliphatic heterocycles. The summed E-state index contributed by atoms with van der Waals surface area (Å²) in [5.74, 6) is -0.248. The molecule has 0 atom stereocenters. The van der Waals surface area contributed by atoms with Gasteiger partial charge in [0.25, 0.3) is 11.2 Å². The number of anilines is 1. The van der Waals surface area contributed by atoms with Gasteiger partial charge in [-0.15, -0.1) is 11.3 Å². The molecule has 0 bridgehead atoms. The molecule has 1 aromatic carbocycles. The van der Waals surface area contributed by atoms with E-state index >= 15 is 0 Å². The Bertz CT molecular complexity index is 1370. The largest absolute Gasteiger partial charge is 0.463 e. The van der Waals surface area contributed by atoms with Crippen LogP contribution in [-0.2, 0) is 25.6 Å². The molecule has 2 aromatic rings. The molecule has 0 radical (unpaired) electrons. The Morgan fingerprint density at radius 2 is 1.92 bits per heavy atom. The van der Waals surface area contributed by atoms with Crippen molar-refractivity contribution >= 4 is 46.7 Å². The summed E-state index contributed by atoms with van der Waals surface area (Å²) in [7, 11) is 0. The normalized spacial score (nSPS) is 17.6. The van der Waals surface area contributed by atoms with Crippen molar-refractivity contribution in [2.24, 2.45) is 5.92 Å². The number of benzene rings is 1. The summed E-state index contributed by atoms with van der Waals surface area (Å²) in [6.07, 6.45) is 4.58. The molecule has 12 heteroatoms. The van der Waals surface area contributed by atoms with Crippen LogP contribution < -0.4 is 19.7 Å². The van der Waals surface area contributed by atoms with E-state index in [1.54, 1.807) is 30.0 Å². The van der Waals surface area contributed by atoms with Crippen molar-refractivity contribution in [2.45, 2.75) is 33.2 Å². The zero-order chi connectivity index (χ0) is 27.2. The van der Waals surface area contributed by atoms with Gasteiger partial charge in [-0.2, -0.15) is 0 Å². The molecule has 4 rings (SSSR count). The molecule has 204 valence electrons. The van der Waals surface area contributed by atoms with Gasteiger partial charge >= 0.3 is 5.97 Å². The van der Waals surface area contributed by atoms with E-state index in [1.165, 1.54) is 16.7 Å².